The minimum atomic E-state index is -0.643. The maximum atomic E-state index is 13.5. The molecule has 1 amide bonds. The van der Waals surface area contributed by atoms with Gasteiger partial charge in [-0.25, -0.2) is 4.98 Å². The van der Waals surface area contributed by atoms with Gasteiger partial charge in [0.2, 0.25) is 5.91 Å². The molecule has 3 heterocycles. The van der Waals surface area contributed by atoms with Crippen LogP contribution >= 0.6 is 0 Å². The van der Waals surface area contributed by atoms with Crippen molar-refractivity contribution in [2.24, 2.45) is 0 Å². The molecule has 2 aromatic rings. The number of H-pyrrole nitrogens is 1. The highest BCUT2D eigenvalue weighted by Crippen LogP contribution is 2.39. The predicted molar refractivity (Wildman–Crippen MR) is 107 cm³/mol. The fraction of sp³-hybridized carbons (Fsp3) is 0.591. The molecule has 2 aliphatic heterocycles. The van der Waals surface area contributed by atoms with E-state index < -0.39 is 5.41 Å². The first-order chi connectivity index (χ1) is 14.0. The van der Waals surface area contributed by atoms with Crippen molar-refractivity contribution in [3.8, 4) is 11.5 Å². The fourth-order valence-electron chi connectivity index (χ4n) is 4.33. The van der Waals surface area contributed by atoms with Crippen molar-refractivity contribution in [3.63, 3.8) is 0 Å². The minimum absolute atomic E-state index is 0.136. The third-order valence-corrected chi connectivity index (χ3v) is 6.36. The standard InChI is InChI=1S/C22H28N4O3/c1-22(2,16-7-8-17-18(12-16)29-11-10-28-17)21(27)26-9-3-4-15(13-26)20-23-19(24-25-20)14-5-6-14/h7-8,12,14-15H,3-6,9-11,13H2,1-2H3,(H,23,24,25). The lowest BCUT2D eigenvalue weighted by atomic mass is 9.82. The number of ether oxygens (including phenoxy) is 2. The SMILES string of the molecule is CC(C)(C(=O)N1CCCC(c2n[nH]c(C3CC3)n2)C1)c1ccc2c(c1)OCCO2. The number of aromatic nitrogens is 3. The van der Waals surface area contributed by atoms with E-state index in [0.717, 1.165) is 48.1 Å². The summed E-state index contributed by atoms with van der Waals surface area (Å²) in [6.45, 7) is 6.54. The van der Waals surface area contributed by atoms with Gasteiger partial charge in [0, 0.05) is 24.9 Å². The summed E-state index contributed by atoms with van der Waals surface area (Å²) in [5, 5.41) is 7.56. The molecule has 2 fully saturated rings. The molecule has 0 bridgehead atoms. The second-order valence-corrected chi connectivity index (χ2v) is 8.93. The molecule has 1 atom stereocenters. The van der Waals surface area contributed by atoms with Gasteiger partial charge >= 0.3 is 0 Å². The van der Waals surface area contributed by atoms with Gasteiger partial charge in [0.15, 0.2) is 17.3 Å². The Kier molecular flexibility index (Phi) is 4.48. The first kappa shape index (κ1) is 18.5. The summed E-state index contributed by atoms with van der Waals surface area (Å²) >= 11 is 0. The molecule has 1 N–H and O–H groups in total. The van der Waals surface area contributed by atoms with Crippen molar-refractivity contribution < 1.29 is 14.3 Å². The van der Waals surface area contributed by atoms with Crippen LogP contribution in [0, 0.1) is 0 Å². The topological polar surface area (TPSA) is 80.3 Å². The van der Waals surface area contributed by atoms with Crippen LogP contribution in [0.5, 0.6) is 11.5 Å². The number of rotatable bonds is 4. The van der Waals surface area contributed by atoms with Crippen molar-refractivity contribution in [1.82, 2.24) is 20.1 Å². The Morgan fingerprint density at radius 1 is 1.14 bits per heavy atom. The Hall–Kier alpha value is -2.57. The van der Waals surface area contributed by atoms with E-state index in [0.29, 0.717) is 25.7 Å². The average molecular weight is 396 g/mol. The number of nitrogens with zero attached hydrogens (tertiary/aromatic N) is 3. The van der Waals surface area contributed by atoms with E-state index in [1.807, 2.05) is 36.9 Å². The average Bonchev–Trinajstić information content (AvgIpc) is 3.49. The Labute approximate surface area is 170 Å². The molecule has 7 nitrogen and oxygen atoms in total. The Morgan fingerprint density at radius 3 is 2.72 bits per heavy atom. The van der Waals surface area contributed by atoms with Gasteiger partial charge in [-0.2, -0.15) is 5.10 Å². The largest absolute Gasteiger partial charge is 0.486 e. The van der Waals surface area contributed by atoms with Crippen LogP contribution in [0.4, 0.5) is 0 Å². The molecule has 1 aromatic heterocycles. The molecule has 0 spiro atoms. The van der Waals surface area contributed by atoms with Crippen molar-refractivity contribution in [2.45, 2.75) is 56.8 Å². The predicted octanol–water partition coefficient (Wildman–Crippen LogP) is 3.14. The number of benzene rings is 1. The Bertz CT molecular complexity index is 919. The van der Waals surface area contributed by atoms with Crippen LogP contribution in [-0.4, -0.2) is 52.3 Å². The summed E-state index contributed by atoms with van der Waals surface area (Å²) < 4.78 is 11.3. The lowest BCUT2D eigenvalue weighted by Gasteiger charge is -2.37. The molecule has 1 saturated carbocycles. The van der Waals surface area contributed by atoms with Crippen molar-refractivity contribution in [1.29, 1.82) is 0 Å². The summed E-state index contributed by atoms with van der Waals surface area (Å²) in [6.07, 6.45) is 4.40. The van der Waals surface area contributed by atoms with E-state index in [-0.39, 0.29) is 11.8 Å². The smallest absolute Gasteiger partial charge is 0.232 e. The highest BCUT2D eigenvalue weighted by Gasteiger charge is 2.38. The van der Waals surface area contributed by atoms with Gasteiger partial charge in [-0.05, 0) is 57.2 Å². The summed E-state index contributed by atoms with van der Waals surface area (Å²) in [5.74, 6) is 4.24. The molecule has 1 unspecified atom stereocenters. The third kappa shape index (κ3) is 3.47. The number of hydrogen-bond acceptors (Lipinski definition) is 5. The maximum absolute atomic E-state index is 13.5. The summed E-state index contributed by atoms with van der Waals surface area (Å²) in [4.78, 5) is 20.2. The van der Waals surface area contributed by atoms with Crippen molar-refractivity contribution >= 4 is 5.91 Å². The highest BCUT2D eigenvalue weighted by atomic mass is 16.6. The van der Waals surface area contributed by atoms with Crippen molar-refractivity contribution in [2.75, 3.05) is 26.3 Å². The molecule has 0 radical (unpaired) electrons. The zero-order valence-corrected chi connectivity index (χ0v) is 17.1. The molecule has 5 rings (SSSR count). The van der Waals surface area contributed by atoms with Crippen LogP contribution in [0.25, 0.3) is 0 Å². The van der Waals surface area contributed by atoms with E-state index in [1.54, 1.807) is 0 Å². The van der Waals surface area contributed by atoms with Crippen LogP contribution in [0.2, 0.25) is 0 Å². The number of nitrogens with one attached hydrogen (secondary N) is 1. The van der Waals surface area contributed by atoms with Gasteiger partial charge in [-0.1, -0.05) is 6.07 Å². The van der Waals surface area contributed by atoms with Gasteiger partial charge in [0.05, 0.1) is 5.41 Å². The monoisotopic (exact) mass is 396 g/mol. The van der Waals surface area contributed by atoms with Crippen LogP contribution in [-0.2, 0) is 10.2 Å². The maximum Gasteiger partial charge on any atom is 0.232 e. The van der Waals surface area contributed by atoms with Gasteiger partial charge < -0.3 is 14.4 Å². The van der Waals surface area contributed by atoms with Gasteiger partial charge in [0.25, 0.3) is 0 Å². The minimum Gasteiger partial charge on any atom is -0.486 e. The number of carbonyl (C=O) groups excluding carboxylic acids is 1. The zero-order chi connectivity index (χ0) is 20.0. The van der Waals surface area contributed by atoms with E-state index in [4.69, 9.17) is 14.5 Å². The lowest BCUT2D eigenvalue weighted by molar-refractivity contribution is -0.137. The van der Waals surface area contributed by atoms with E-state index in [1.165, 1.54) is 12.8 Å². The Balaban J connectivity index is 1.33. The third-order valence-electron chi connectivity index (χ3n) is 6.36. The number of aromatic amines is 1. The first-order valence-corrected chi connectivity index (χ1v) is 10.6. The van der Waals surface area contributed by atoms with Gasteiger partial charge in [-0.3, -0.25) is 9.89 Å². The molecular weight excluding hydrogens is 368 g/mol. The van der Waals surface area contributed by atoms with Gasteiger partial charge in [0.1, 0.15) is 19.0 Å². The highest BCUT2D eigenvalue weighted by molar-refractivity contribution is 5.87. The quantitative estimate of drug-likeness (QED) is 0.859. The van der Waals surface area contributed by atoms with Crippen LogP contribution < -0.4 is 9.47 Å². The zero-order valence-electron chi connectivity index (χ0n) is 17.1. The molecule has 1 aliphatic carbocycles. The Morgan fingerprint density at radius 2 is 1.93 bits per heavy atom. The molecule has 154 valence electrons. The van der Waals surface area contributed by atoms with Crippen LogP contribution in [0.1, 0.15) is 68.6 Å². The number of fused-ring (bicyclic) bond motifs is 1. The normalized spacial score (nSPS) is 21.9. The number of piperidine rings is 1. The summed E-state index contributed by atoms with van der Waals surface area (Å²) in [7, 11) is 0. The number of hydrogen-bond donors (Lipinski definition) is 1. The van der Waals surface area contributed by atoms with Crippen molar-refractivity contribution in [3.05, 3.63) is 35.4 Å². The second kappa shape index (κ2) is 7.04. The van der Waals surface area contributed by atoms with Crippen LogP contribution in [0.15, 0.2) is 18.2 Å². The molecule has 3 aliphatic rings. The summed E-state index contributed by atoms with van der Waals surface area (Å²) in [5.41, 5.74) is 0.304. The second-order valence-electron chi connectivity index (χ2n) is 8.93. The van der Waals surface area contributed by atoms with E-state index >= 15 is 0 Å². The molecule has 1 saturated heterocycles. The van der Waals surface area contributed by atoms with Gasteiger partial charge in [-0.15, -0.1) is 0 Å². The number of likely N-dealkylation sites (tertiary alicyclic amines) is 1. The number of amides is 1. The molecular formula is C22H28N4O3. The first-order valence-electron chi connectivity index (χ1n) is 10.6. The molecule has 1 aromatic carbocycles. The molecule has 7 heteroatoms. The van der Waals surface area contributed by atoms with E-state index in [2.05, 4.69) is 10.2 Å². The molecule has 29 heavy (non-hydrogen) atoms. The van der Waals surface area contributed by atoms with E-state index in [9.17, 15) is 4.79 Å². The van der Waals surface area contributed by atoms with Crippen LogP contribution in [0.3, 0.4) is 0 Å². The lowest BCUT2D eigenvalue weighted by Crippen LogP contribution is -2.47. The summed E-state index contributed by atoms with van der Waals surface area (Å²) in [6, 6.07) is 5.83. The number of carbonyl (C=O) groups is 1. The fourth-order valence-corrected chi connectivity index (χ4v) is 4.33.